The van der Waals surface area contributed by atoms with Gasteiger partial charge in [0.1, 0.15) is 0 Å². The van der Waals surface area contributed by atoms with E-state index in [1.165, 1.54) is 0 Å². The lowest BCUT2D eigenvalue weighted by atomic mass is 9.97. The first kappa shape index (κ1) is 10.8. The van der Waals surface area contributed by atoms with Crippen LogP contribution in [0.5, 0.6) is 0 Å². The number of pyridine rings is 1. The molecule has 1 aromatic carbocycles. The second-order valence-corrected chi connectivity index (χ2v) is 5.49. The number of carbonyl (C=O) groups excluding carboxylic acids is 1. The van der Waals surface area contributed by atoms with Crippen molar-refractivity contribution in [3.8, 4) is 0 Å². The maximum atomic E-state index is 12.2. The Hall–Kier alpha value is -1.35. The zero-order chi connectivity index (χ0) is 11.7. The molecule has 0 saturated carbocycles. The molecule has 1 unspecified atom stereocenters. The lowest BCUT2D eigenvalue weighted by Gasteiger charge is -2.07. The van der Waals surface area contributed by atoms with Crippen molar-refractivity contribution >= 4 is 28.4 Å². The zero-order valence-electron chi connectivity index (χ0n) is 9.43. The summed E-state index contributed by atoms with van der Waals surface area (Å²) in [5, 5.41) is 1.05. The molecule has 1 aliphatic heterocycles. The Morgan fingerprint density at radius 1 is 1.35 bits per heavy atom. The average Bonchev–Trinajstić information content (AvgIpc) is 2.91. The molecule has 0 radical (unpaired) electrons. The van der Waals surface area contributed by atoms with E-state index in [9.17, 15) is 4.79 Å². The molecule has 2 nitrogen and oxygen atoms in total. The smallest absolute Gasteiger partial charge is 0.168 e. The summed E-state index contributed by atoms with van der Waals surface area (Å²) < 4.78 is 0. The number of para-hydroxylation sites is 1. The first-order valence-corrected chi connectivity index (χ1v) is 6.97. The molecule has 0 spiro atoms. The lowest BCUT2D eigenvalue weighted by molar-refractivity contribution is 0.0933. The highest BCUT2D eigenvalue weighted by atomic mass is 32.2. The van der Waals surface area contributed by atoms with E-state index in [0.717, 1.165) is 34.4 Å². The molecule has 2 heterocycles. The fraction of sp³-hybridized carbons (Fsp3) is 0.286. The van der Waals surface area contributed by atoms with Crippen LogP contribution < -0.4 is 0 Å². The number of nitrogens with zero attached hydrogens (tertiary/aromatic N) is 1. The molecule has 1 saturated heterocycles. The van der Waals surface area contributed by atoms with Crippen LogP contribution in [0.1, 0.15) is 16.8 Å². The van der Waals surface area contributed by atoms with Crippen LogP contribution in [0.15, 0.2) is 36.5 Å². The van der Waals surface area contributed by atoms with Crippen molar-refractivity contribution in [1.29, 1.82) is 0 Å². The van der Waals surface area contributed by atoms with Crippen molar-refractivity contribution in [3.05, 3.63) is 42.1 Å². The van der Waals surface area contributed by atoms with Crippen LogP contribution in [0.4, 0.5) is 0 Å². The fourth-order valence-electron chi connectivity index (χ4n) is 2.18. The predicted molar refractivity (Wildman–Crippen MR) is 71.5 cm³/mol. The van der Waals surface area contributed by atoms with E-state index in [-0.39, 0.29) is 11.7 Å². The van der Waals surface area contributed by atoms with Gasteiger partial charge in [0.2, 0.25) is 0 Å². The van der Waals surface area contributed by atoms with Crippen LogP contribution >= 0.6 is 11.8 Å². The van der Waals surface area contributed by atoms with E-state index in [4.69, 9.17) is 0 Å². The second-order valence-electron chi connectivity index (χ2n) is 4.34. The van der Waals surface area contributed by atoms with Gasteiger partial charge in [-0.25, -0.2) is 0 Å². The van der Waals surface area contributed by atoms with Crippen molar-refractivity contribution in [3.63, 3.8) is 0 Å². The minimum Gasteiger partial charge on any atom is -0.294 e. The van der Waals surface area contributed by atoms with Gasteiger partial charge in [-0.15, -0.1) is 0 Å². The van der Waals surface area contributed by atoms with E-state index >= 15 is 0 Å². The minimum atomic E-state index is 0.197. The number of rotatable bonds is 2. The first-order valence-electron chi connectivity index (χ1n) is 5.81. The van der Waals surface area contributed by atoms with Crippen LogP contribution in [0.2, 0.25) is 0 Å². The highest BCUT2D eigenvalue weighted by molar-refractivity contribution is 7.99. The number of hydrogen-bond acceptors (Lipinski definition) is 3. The number of benzene rings is 1. The summed E-state index contributed by atoms with van der Waals surface area (Å²) in [5.41, 5.74) is 1.71. The number of fused-ring (bicyclic) bond motifs is 1. The largest absolute Gasteiger partial charge is 0.294 e. The highest BCUT2D eigenvalue weighted by Crippen LogP contribution is 2.27. The summed E-state index contributed by atoms with van der Waals surface area (Å²) in [6.45, 7) is 0. The SMILES string of the molecule is O=C(c1cnc2ccccc2c1)C1CCSC1. The molecule has 1 fully saturated rings. The Morgan fingerprint density at radius 2 is 2.24 bits per heavy atom. The summed E-state index contributed by atoms with van der Waals surface area (Å²) >= 11 is 1.87. The number of hydrogen-bond donors (Lipinski definition) is 0. The predicted octanol–water partition coefficient (Wildman–Crippen LogP) is 3.17. The summed E-state index contributed by atoms with van der Waals surface area (Å²) in [5.74, 6) is 2.53. The van der Waals surface area contributed by atoms with E-state index in [1.54, 1.807) is 6.20 Å². The van der Waals surface area contributed by atoms with Gasteiger partial charge in [0, 0.05) is 28.8 Å². The van der Waals surface area contributed by atoms with Crippen molar-refractivity contribution in [2.24, 2.45) is 5.92 Å². The fourth-order valence-corrected chi connectivity index (χ4v) is 3.40. The van der Waals surface area contributed by atoms with Crippen LogP contribution in [0.25, 0.3) is 10.9 Å². The van der Waals surface area contributed by atoms with Gasteiger partial charge >= 0.3 is 0 Å². The standard InChI is InChI=1S/C14H13NOS/c16-14(11-5-6-17-9-11)12-7-10-3-1-2-4-13(10)15-8-12/h1-4,7-8,11H,5-6,9H2. The molecule has 86 valence electrons. The van der Waals surface area contributed by atoms with Gasteiger partial charge in [0.05, 0.1) is 5.52 Å². The van der Waals surface area contributed by atoms with E-state index in [1.807, 2.05) is 42.1 Å². The maximum Gasteiger partial charge on any atom is 0.168 e. The van der Waals surface area contributed by atoms with Gasteiger partial charge in [-0.2, -0.15) is 11.8 Å². The topological polar surface area (TPSA) is 30.0 Å². The minimum absolute atomic E-state index is 0.197. The van der Waals surface area contributed by atoms with Crippen molar-refractivity contribution in [2.75, 3.05) is 11.5 Å². The number of ketones is 1. The zero-order valence-corrected chi connectivity index (χ0v) is 10.2. The van der Waals surface area contributed by atoms with Gasteiger partial charge in [-0.05, 0) is 24.3 Å². The third-order valence-corrected chi connectivity index (χ3v) is 4.34. The second kappa shape index (κ2) is 4.49. The van der Waals surface area contributed by atoms with Gasteiger partial charge in [-0.3, -0.25) is 9.78 Å². The first-order chi connectivity index (χ1) is 8.34. The molecule has 3 heteroatoms. The van der Waals surface area contributed by atoms with Crippen LogP contribution in [-0.4, -0.2) is 22.3 Å². The Labute approximate surface area is 104 Å². The number of aromatic nitrogens is 1. The van der Waals surface area contributed by atoms with Gasteiger partial charge in [-0.1, -0.05) is 18.2 Å². The molecule has 1 atom stereocenters. The van der Waals surface area contributed by atoms with Gasteiger partial charge in [0.25, 0.3) is 0 Å². The third kappa shape index (κ3) is 2.07. The van der Waals surface area contributed by atoms with Crippen LogP contribution in [-0.2, 0) is 0 Å². The quantitative estimate of drug-likeness (QED) is 0.759. The number of Topliss-reactive ketones (excluding diaryl/α,β-unsaturated/α-hetero) is 1. The normalized spacial score (nSPS) is 19.6. The summed E-state index contributed by atoms with van der Waals surface area (Å²) in [4.78, 5) is 16.6. The molecule has 0 amide bonds. The summed E-state index contributed by atoms with van der Waals surface area (Å²) in [6, 6.07) is 9.87. The molecule has 17 heavy (non-hydrogen) atoms. The van der Waals surface area contributed by atoms with E-state index < -0.39 is 0 Å². The lowest BCUT2D eigenvalue weighted by Crippen LogP contribution is -2.14. The molecule has 1 aromatic heterocycles. The Morgan fingerprint density at radius 3 is 3.06 bits per heavy atom. The number of thioether (sulfide) groups is 1. The molecule has 3 rings (SSSR count). The van der Waals surface area contributed by atoms with Crippen molar-refractivity contribution in [1.82, 2.24) is 4.98 Å². The van der Waals surface area contributed by atoms with Gasteiger partial charge < -0.3 is 0 Å². The van der Waals surface area contributed by atoms with Gasteiger partial charge in [0.15, 0.2) is 5.78 Å². The average molecular weight is 243 g/mol. The molecular weight excluding hydrogens is 230 g/mol. The van der Waals surface area contributed by atoms with E-state index in [2.05, 4.69) is 4.98 Å². The van der Waals surface area contributed by atoms with Crippen LogP contribution in [0.3, 0.4) is 0 Å². The van der Waals surface area contributed by atoms with Crippen molar-refractivity contribution < 1.29 is 4.79 Å². The molecule has 0 aliphatic carbocycles. The molecule has 2 aromatic rings. The van der Waals surface area contributed by atoms with Crippen LogP contribution in [0, 0.1) is 5.92 Å². The summed E-state index contributed by atoms with van der Waals surface area (Å²) in [7, 11) is 0. The Balaban J connectivity index is 1.97. The third-order valence-electron chi connectivity index (χ3n) is 3.18. The highest BCUT2D eigenvalue weighted by Gasteiger charge is 2.24. The Bertz CT molecular complexity index is 561. The summed E-state index contributed by atoms with van der Waals surface area (Å²) in [6.07, 6.45) is 2.73. The number of carbonyl (C=O) groups is 1. The Kier molecular flexibility index (Phi) is 2.85. The maximum absolute atomic E-state index is 12.2. The molecule has 0 bridgehead atoms. The molecule has 1 aliphatic rings. The molecule has 0 N–H and O–H groups in total. The monoisotopic (exact) mass is 243 g/mol. The van der Waals surface area contributed by atoms with E-state index in [0.29, 0.717) is 0 Å². The van der Waals surface area contributed by atoms with Crippen molar-refractivity contribution in [2.45, 2.75) is 6.42 Å². The molecular formula is C14H13NOS.